The van der Waals surface area contributed by atoms with E-state index in [9.17, 15) is 9.90 Å². The highest BCUT2D eigenvalue weighted by Gasteiger charge is 2.12. The van der Waals surface area contributed by atoms with E-state index in [1.807, 2.05) is 28.7 Å². The van der Waals surface area contributed by atoms with Gasteiger partial charge in [-0.3, -0.25) is 4.79 Å². The summed E-state index contributed by atoms with van der Waals surface area (Å²) in [6, 6.07) is 3.62. The second-order valence-corrected chi connectivity index (χ2v) is 3.81. The number of benzene rings is 1. The van der Waals surface area contributed by atoms with Gasteiger partial charge in [0.05, 0.1) is 5.56 Å². The summed E-state index contributed by atoms with van der Waals surface area (Å²) in [7, 11) is 0. The highest BCUT2D eigenvalue weighted by atomic mass is 127. The molecule has 0 aliphatic carbocycles. The van der Waals surface area contributed by atoms with E-state index >= 15 is 0 Å². The topological polar surface area (TPSA) is 37.3 Å². The van der Waals surface area contributed by atoms with E-state index in [1.165, 1.54) is 6.92 Å². The first-order valence-corrected chi connectivity index (χ1v) is 4.61. The van der Waals surface area contributed by atoms with Crippen LogP contribution in [-0.2, 0) is 0 Å². The Labute approximate surface area is 84.7 Å². The minimum atomic E-state index is -0.0967. The van der Waals surface area contributed by atoms with Gasteiger partial charge >= 0.3 is 0 Å². The summed E-state index contributed by atoms with van der Waals surface area (Å²) in [6.45, 7) is 3.23. The number of phenols is 1. The second kappa shape index (κ2) is 3.43. The van der Waals surface area contributed by atoms with Gasteiger partial charge in [-0.1, -0.05) is 6.07 Å². The van der Waals surface area contributed by atoms with Crippen molar-refractivity contribution in [2.45, 2.75) is 13.8 Å². The van der Waals surface area contributed by atoms with Crippen molar-refractivity contribution in [2.24, 2.45) is 0 Å². The molecular formula is C9H9IO2. The van der Waals surface area contributed by atoms with E-state index in [2.05, 4.69) is 0 Å². The van der Waals surface area contributed by atoms with E-state index in [0.717, 1.165) is 9.13 Å². The molecule has 1 N–H and O–H groups in total. The maximum absolute atomic E-state index is 11.1. The van der Waals surface area contributed by atoms with E-state index in [-0.39, 0.29) is 11.5 Å². The zero-order valence-electron chi connectivity index (χ0n) is 6.89. The fourth-order valence-corrected chi connectivity index (χ4v) is 1.82. The minimum Gasteiger partial charge on any atom is -0.507 e. The van der Waals surface area contributed by atoms with E-state index in [0.29, 0.717) is 5.56 Å². The van der Waals surface area contributed by atoms with Crippen molar-refractivity contribution in [3.05, 3.63) is 26.8 Å². The Hall–Kier alpha value is -0.580. The standard InChI is InChI=1S/C9H9IO2/c1-5-3-4-7(10)8(6(2)11)9(5)12/h3-4,12H,1-2H3. The van der Waals surface area contributed by atoms with Crippen molar-refractivity contribution < 1.29 is 9.90 Å². The molecule has 0 fully saturated rings. The molecular weight excluding hydrogens is 267 g/mol. The summed E-state index contributed by atoms with van der Waals surface area (Å²) in [6.07, 6.45) is 0. The van der Waals surface area contributed by atoms with Crippen LogP contribution in [0, 0.1) is 10.5 Å². The van der Waals surface area contributed by atoms with Crippen molar-refractivity contribution in [2.75, 3.05) is 0 Å². The van der Waals surface area contributed by atoms with Crippen LogP contribution in [-0.4, -0.2) is 10.9 Å². The molecule has 1 aromatic rings. The predicted molar refractivity (Wildman–Crippen MR) is 55.6 cm³/mol. The molecule has 0 aliphatic rings. The quantitative estimate of drug-likeness (QED) is 0.632. The molecule has 0 bridgehead atoms. The van der Waals surface area contributed by atoms with Gasteiger partial charge in [-0.15, -0.1) is 0 Å². The molecule has 0 radical (unpaired) electrons. The molecule has 0 atom stereocenters. The number of Topliss-reactive ketones (excluding diaryl/α,β-unsaturated/α-hetero) is 1. The van der Waals surface area contributed by atoms with Crippen molar-refractivity contribution in [3.8, 4) is 5.75 Å². The molecule has 0 unspecified atom stereocenters. The Bertz CT molecular complexity index is 332. The zero-order chi connectivity index (χ0) is 9.30. The fourth-order valence-electron chi connectivity index (χ4n) is 1.01. The van der Waals surface area contributed by atoms with Gasteiger partial charge in [-0.05, 0) is 48.1 Å². The van der Waals surface area contributed by atoms with E-state index in [4.69, 9.17) is 0 Å². The molecule has 0 spiro atoms. The predicted octanol–water partition coefficient (Wildman–Crippen LogP) is 2.51. The third-order valence-electron chi connectivity index (χ3n) is 1.68. The molecule has 0 amide bonds. The molecule has 12 heavy (non-hydrogen) atoms. The number of halogens is 1. The SMILES string of the molecule is CC(=O)c1c(I)ccc(C)c1O. The average molecular weight is 276 g/mol. The third kappa shape index (κ3) is 1.60. The molecule has 0 aromatic heterocycles. The Morgan fingerprint density at radius 1 is 1.50 bits per heavy atom. The maximum Gasteiger partial charge on any atom is 0.164 e. The Morgan fingerprint density at radius 3 is 2.50 bits per heavy atom. The van der Waals surface area contributed by atoms with Crippen LogP contribution in [0.3, 0.4) is 0 Å². The van der Waals surface area contributed by atoms with Crippen molar-refractivity contribution >= 4 is 28.4 Å². The zero-order valence-corrected chi connectivity index (χ0v) is 9.05. The Balaban J connectivity index is 3.43. The number of aromatic hydroxyl groups is 1. The highest BCUT2D eigenvalue weighted by Crippen LogP contribution is 2.26. The summed E-state index contributed by atoms with van der Waals surface area (Å²) in [5.41, 5.74) is 1.16. The van der Waals surface area contributed by atoms with Gasteiger partial charge in [0.1, 0.15) is 5.75 Å². The van der Waals surface area contributed by atoms with Crippen LogP contribution in [0.1, 0.15) is 22.8 Å². The van der Waals surface area contributed by atoms with Gasteiger partial charge in [0, 0.05) is 3.57 Å². The second-order valence-electron chi connectivity index (χ2n) is 2.64. The molecule has 0 saturated carbocycles. The lowest BCUT2D eigenvalue weighted by Gasteiger charge is -2.05. The first-order chi connectivity index (χ1) is 5.54. The number of carbonyl (C=O) groups excluding carboxylic acids is 1. The van der Waals surface area contributed by atoms with Crippen LogP contribution >= 0.6 is 22.6 Å². The third-order valence-corrected chi connectivity index (χ3v) is 2.58. The Kier molecular flexibility index (Phi) is 2.72. The number of ketones is 1. The fraction of sp³-hybridized carbons (Fsp3) is 0.222. The summed E-state index contributed by atoms with van der Waals surface area (Å²) >= 11 is 2.04. The molecule has 2 nitrogen and oxygen atoms in total. The maximum atomic E-state index is 11.1. The summed E-state index contributed by atoms with van der Waals surface area (Å²) in [5.74, 6) is 0.00926. The summed E-state index contributed by atoms with van der Waals surface area (Å²) in [4.78, 5) is 11.1. The first-order valence-electron chi connectivity index (χ1n) is 3.53. The van der Waals surface area contributed by atoms with Crippen LogP contribution in [0.15, 0.2) is 12.1 Å². The highest BCUT2D eigenvalue weighted by molar-refractivity contribution is 14.1. The normalized spacial score (nSPS) is 9.92. The van der Waals surface area contributed by atoms with Crippen LogP contribution in [0.4, 0.5) is 0 Å². The van der Waals surface area contributed by atoms with Gasteiger partial charge in [0.25, 0.3) is 0 Å². The lowest BCUT2D eigenvalue weighted by atomic mass is 10.1. The lowest BCUT2D eigenvalue weighted by Crippen LogP contribution is -1.97. The van der Waals surface area contributed by atoms with Crippen LogP contribution in [0.5, 0.6) is 5.75 Å². The number of rotatable bonds is 1. The smallest absolute Gasteiger partial charge is 0.164 e. The average Bonchev–Trinajstić information content (AvgIpc) is 1.97. The number of hydrogen-bond donors (Lipinski definition) is 1. The molecule has 1 aromatic carbocycles. The van der Waals surface area contributed by atoms with E-state index in [1.54, 1.807) is 13.0 Å². The molecule has 0 saturated heterocycles. The summed E-state index contributed by atoms with van der Waals surface area (Å²) < 4.78 is 0.795. The number of phenolic OH excluding ortho intramolecular Hbond substituents is 1. The molecule has 1 rings (SSSR count). The molecule has 3 heteroatoms. The molecule has 0 aliphatic heterocycles. The lowest BCUT2D eigenvalue weighted by molar-refractivity contribution is 0.101. The number of carbonyl (C=O) groups is 1. The van der Waals surface area contributed by atoms with Crippen LogP contribution < -0.4 is 0 Å². The first kappa shape index (κ1) is 9.51. The van der Waals surface area contributed by atoms with Gasteiger partial charge in [0.2, 0.25) is 0 Å². The Morgan fingerprint density at radius 2 is 2.08 bits per heavy atom. The van der Waals surface area contributed by atoms with Gasteiger partial charge < -0.3 is 5.11 Å². The number of hydrogen-bond acceptors (Lipinski definition) is 2. The van der Waals surface area contributed by atoms with Crippen molar-refractivity contribution in [3.63, 3.8) is 0 Å². The number of aryl methyl sites for hydroxylation is 1. The van der Waals surface area contributed by atoms with Crippen molar-refractivity contribution in [1.82, 2.24) is 0 Å². The van der Waals surface area contributed by atoms with Gasteiger partial charge in [-0.2, -0.15) is 0 Å². The van der Waals surface area contributed by atoms with Crippen LogP contribution in [0.25, 0.3) is 0 Å². The van der Waals surface area contributed by atoms with Crippen molar-refractivity contribution in [1.29, 1.82) is 0 Å². The molecule has 64 valence electrons. The van der Waals surface area contributed by atoms with Gasteiger partial charge in [0.15, 0.2) is 5.78 Å². The molecule has 0 heterocycles. The monoisotopic (exact) mass is 276 g/mol. The van der Waals surface area contributed by atoms with Crippen LogP contribution in [0.2, 0.25) is 0 Å². The van der Waals surface area contributed by atoms with E-state index < -0.39 is 0 Å². The van der Waals surface area contributed by atoms with Gasteiger partial charge in [-0.25, -0.2) is 0 Å². The largest absolute Gasteiger partial charge is 0.507 e. The minimum absolute atomic E-state index is 0.0967. The summed E-state index contributed by atoms with van der Waals surface area (Å²) in [5, 5.41) is 9.52.